The molecule has 17 heavy (non-hydrogen) atoms. The molecule has 96 valence electrons. The Morgan fingerprint density at radius 2 is 2.29 bits per heavy atom. The maximum Gasteiger partial charge on any atom is 0.224 e. The van der Waals surface area contributed by atoms with E-state index in [-0.39, 0.29) is 17.7 Å². The number of carbonyl (C=O) groups excluding carboxylic acids is 1. The van der Waals surface area contributed by atoms with Crippen molar-refractivity contribution in [2.75, 3.05) is 6.54 Å². The predicted molar refractivity (Wildman–Crippen MR) is 70.7 cm³/mol. The van der Waals surface area contributed by atoms with E-state index in [4.69, 9.17) is 5.73 Å². The molecule has 1 amide bonds. The number of aromatic nitrogens is 1. The van der Waals surface area contributed by atoms with E-state index < -0.39 is 0 Å². The molecule has 1 aromatic heterocycles. The minimum atomic E-state index is -0.111. The average Bonchev–Trinajstić information content (AvgIpc) is 2.74. The Morgan fingerprint density at radius 3 is 2.76 bits per heavy atom. The van der Waals surface area contributed by atoms with Gasteiger partial charge in [-0.2, -0.15) is 0 Å². The lowest BCUT2D eigenvalue weighted by Gasteiger charge is -2.17. The lowest BCUT2D eigenvalue weighted by molar-refractivity contribution is -0.126. The van der Waals surface area contributed by atoms with Crippen LogP contribution in [0.2, 0.25) is 0 Å². The third-order valence-electron chi connectivity index (χ3n) is 2.76. The topological polar surface area (TPSA) is 68.0 Å². The molecule has 0 radical (unpaired) electrons. The summed E-state index contributed by atoms with van der Waals surface area (Å²) in [6.45, 7) is 7.01. The van der Waals surface area contributed by atoms with Crippen LogP contribution >= 0.6 is 11.3 Å². The molecular weight excluding hydrogens is 234 g/mol. The molecule has 0 aliphatic carbocycles. The van der Waals surface area contributed by atoms with Crippen LogP contribution in [0.15, 0.2) is 6.20 Å². The minimum Gasteiger partial charge on any atom is -0.349 e. The molecule has 0 aromatic carbocycles. The van der Waals surface area contributed by atoms with Gasteiger partial charge < -0.3 is 11.1 Å². The normalized spacial score (nSPS) is 12.8. The third-order valence-corrected chi connectivity index (χ3v) is 3.90. The van der Waals surface area contributed by atoms with Gasteiger partial charge in [0.1, 0.15) is 5.01 Å². The summed E-state index contributed by atoms with van der Waals surface area (Å²) in [6, 6.07) is 0. The van der Waals surface area contributed by atoms with Gasteiger partial charge in [0.2, 0.25) is 5.91 Å². The van der Waals surface area contributed by atoms with Gasteiger partial charge in [-0.3, -0.25) is 4.79 Å². The highest BCUT2D eigenvalue weighted by molar-refractivity contribution is 7.11. The molecule has 0 aliphatic rings. The van der Waals surface area contributed by atoms with E-state index in [1.807, 2.05) is 20.0 Å². The number of aryl methyl sites for hydroxylation is 1. The first-order valence-electron chi connectivity index (χ1n) is 5.99. The molecule has 1 atom stereocenters. The Morgan fingerprint density at radius 1 is 1.59 bits per heavy atom. The smallest absolute Gasteiger partial charge is 0.224 e. The third kappa shape index (κ3) is 4.09. The summed E-state index contributed by atoms with van der Waals surface area (Å²) in [4.78, 5) is 17.4. The van der Waals surface area contributed by atoms with Crippen molar-refractivity contribution in [3.05, 3.63) is 16.1 Å². The molecule has 4 nitrogen and oxygen atoms in total. The first kappa shape index (κ1) is 14.1. The van der Waals surface area contributed by atoms with E-state index in [1.165, 1.54) is 4.88 Å². The second-order valence-corrected chi connectivity index (χ2v) is 5.58. The van der Waals surface area contributed by atoms with Crippen LogP contribution in [0.4, 0.5) is 0 Å². The zero-order chi connectivity index (χ0) is 12.8. The summed E-state index contributed by atoms with van der Waals surface area (Å²) in [5, 5.41) is 3.85. The number of amides is 1. The van der Waals surface area contributed by atoms with Crippen molar-refractivity contribution in [2.45, 2.75) is 33.7 Å². The summed E-state index contributed by atoms with van der Waals surface area (Å²) in [5.74, 6) is 0.179. The van der Waals surface area contributed by atoms with Crippen LogP contribution < -0.4 is 11.1 Å². The van der Waals surface area contributed by atoms with Crippen LogP contribution in [0.3, 0.4) is 0 Å². The van der Waals surface area contributed by atoms with Crippen LogP contribution in [-0.4, -0.2) is 17.4 Å². The van der Waals surface area contributed by atoms with Crippen LogP contribution in [0, 0.1) is 11.8 Å². The van der Waals surface area contributed by atoms with Crippen molar-refractivity contribution in [3.8, 4) is 0 Å². The number of thiazole rings is 1. The number of hydrogen-bond donors (Lipinski definition) is 2. The Balaban J connectivity index is 2.47. The summed E-state index contributed by atoms with van der Waals surface area (Å²) in [5.41, 5.74) is 5.60. The van der Waals surface area contributed by atoms with Crippen LogP contribution in [0.1, 0.15) is 30.7 Å². The fourth-order valence-electron chi connectivity index (χ4n) is 1.57. The van der Waals surface area contributed by atoms with Gasteiger partial charge in [0.05, 0.1) is 12.5 Å². The molecule has 0 aliphatic heterocycles. The Kier molecular flexibility index (Phi) is 5.58. The molecule has 1 heterocycles. The average molecular weight is 255 g/mol. The summed E-state index contributed by atoms with van der Waals surface area (Å²) >= 11 is 1.65. The highest BCUT2D eigenvalue weighted by Crippen LogP contribution is 2.14. The van der Waals surface area contributed by atoms with Crippen LogP contribution in [0.5, 0.6) is 0 Å². The fourth-order valence-corrected chi connectivity index (χ4v) is 2.37. The Labute approximate surface area is 107 Å². The van der Waals surface area contributed by atoms with E-state index in [0.717, 1.165) is 11.4 Å². The van der Waals surface area contributed by atoms with Crippen LogP contribution in [-0.2, 0) is 17.8 Å². The van der Waals surface area contributed by atoms with Crippen molar-refractivity contribution < 1.29 is 4.79 Å². The highest BCUT2D eigenvalue weighted by atomic mass is 32.1. The van der Waals surface area contributed by atoms with Gasteiger partial charge in [-0.15, -0.1) is 11.3 Å². The number of nitrogens with zero attached hydrogens (tertiary/aromatic N) is 1. The standard InChI is InChI=1S/C12H21N3OS/c1-4-9-6-14-11(17-9)7-15-12(16)10(5-13)8(2)3/h6,8,10H,4-5,7,13H2,1-3H3,(H,15,16). The van der Waals surface area contributed by atoms with Gasteiger partial charge in [0, 0.05) is 17.6 Å². The summed E-state index contributed by atoms with van der Waals surface area (Å²) in [7, 11) is 0. The van der Waals surface area contributed by atoms with E-state index in [1.54, 1.807) is 11.3 Å². The SMILES string of the molecule is CCc1cnc(CNC(=O)C(CN)C(C)C)s1. The number of hydrogen-bond acceptors (Lipinski definition) is 4. The molecule has 0 saturated heterocycles. The highest BCUT2D eigenvalue weighted by Gasteiger charge is 2.20. The lowest BCUT2D eigenvalue weighted by Crippen LogP contribution is -2.37. The number of carbonyl (C=O) groups is 1. The number of nitrogens with two attached hydrogens (primary N) is 1. The van der Waals surface area contributed by atoms with E-state index in [2.05, 4.69) is 17.2 Å². The maximum atomic E-state index is 11.9. The first-order chi connectivity index (χ1) is 8.08. The molecule has 1 unspecified atom stereocenters. The first-order valence-corrected chi connectivity index (χ1v) is 6.81. The zero-order valence-corrected chi connectivity index (χ0v) is 11.5. The summed E-state index contributed by atoms with van der Waals surface area (Å²) < 4.78 is 0. The quantitative estimate of drug-likeness (QED) is 0.810. The van der Waals surface area contributed by atoms with Gasteiger partial charge in [-0.25, -0.2) is 4.98 Å². The van der Waals surface area contributed by atoms with Crippen molar-refractivity contribution in [1.29, 1.82) is 0 Å². The minimum absolute atomic E-state index is 0.0238. The number of rotatable bonds is 6. The van der Waals surface area contributed by atoms with Crippen molar-refractivity contribution in [1.82, 2.24) is 10.3 Å². The van der Waals surface area contributed by atoms with Gasteiger partial charge in [0.25, 0.3) is 0 Å². The second kappa shape index (κ2) is 6.71. The molecule has 0 saturated carbocycles. The fraction of sp³-hybridized carbons (Fsp3) is 0.667. The number of nitrogens with one attached hydrogen (secondary N) is 1. The molecular formula is C12H21N3OS. The van der Waals surface area contributed by atoms with E-state index >= 15 is 0 Å². The largest absolute Gasteiger partial charge is 0.349 e. The second-order valence-electron chi connectivity index (χ2n) is 4.38. The molecule has 1 aromatic rings. The Bertz CT molecular complexity index is 362. The predicted octanol–water partition coefficient (Wildman–Crippen LogP) is 1.55. The lowest BCUT2D eigenvalue weighted by atomic mass is 9.95. The molecule has 5 heteroatoms. The molecule has 0 bridgehead atoms. The monoisotopic (exact) mass is 255 g/mol. The molecule has 1 rings (SSSR count). The van der Waals surface area contributed by atoms with Crippen molar-refractivity contribution in [2.24, 2.45) is 17.6 Å². The van der Waals surface area contributed by atoms with Crippen LogP contribution in [0.25, 0.3) is 0 Å². The maximum absolute atomic E-state index is 11.9. The molecule has 0 fully saturated rings. The van der Waals surface area contributed by atoms with Gasteiger partial charge in [-0.05, 0) is 12.3 Å². The van der Waals surface area contributed by atoms with Crippen molar-refractivity contribution >= 4 is 17.2 Å². The van der Waals surface area contributed by atoms with Crippen molar-refractivity contribution in [3.63, 3.8) is 0 Å². The zero-order valence-electron chi connectivity index (χ0n) is 10.7. The van der Waals surface area contributed by atoms with Gasteiger partial charge in [0.15, 0.2) is 0 Å². The molecule has 0 spiro atoms. The van der Waals surface area contributed by atoms with E-state index in [9.17, 15) is 4.79 Å². The van der Waals surface area contributed by atoms with Gasteiger partial charge >= 0.3 is 0 Å². The Hall–Kier alpha value is -0.940. The van der Waals surface area contributed by atoms with Gasteiger partial charge in [-0.1, -0.05) is 20.8 Å². The molecule has 3 N–H and O–H groups in total. The van der Waals surface area contributed by atoms with E-state index in [0.29, 0.717) is 13.1 Å². The summed E-state index contributed by atoms with van der Waals surface area (Å²) in [6.07, 6.45) is 2.86.